The van der Waals surface area contributed by atoms with Crippen LogP contribution < -0.4 is 0 Å². The van der Waals surface area contributed by atoms with E-state index in [1.165, 1.54) is 6.92 Å². The Morgan fingerprint density at radius 1 is 1.25 bits per heavy atom. The number of halogens is 2. The molecule has 3 nitrogen and oxygen atoms in total. The van der Waals surface area contributed by atoms with E-state index in [4.69, 9.17) is 9.79 Å². The molecule has 0 saturated heterocycles. The molecule has 0 aliphatic rings. The van der Waals surface area contributed by atoms with Gasteiger partial charge in [-0.2, -0.15) is 0 Å². The van der Waals surface area contributed by atoms with E-state index in [9.17, 15) is 8.39 Å². The first kappa shape index (κ1) is 12.2. The minimum absolute atomic E-state index is 0.179. The predicted octanol–water partition coefficient (Wildman–Crippen LogP) is 2.49. The van der Waals surface area contributed by atoms with E-state index in [1.54, 1.807) is 0 Å². The van der Waals surface area contributed by atoms with E-state index < -0.39 is 14.0 Å². The van der Waals surface area contributed by atoms with Crippen molar-refractivity contribution in [3.8, 4) is 0 Å². The fourth-order valence-electron chi connectivity index (χ4n) is 1.00. The summed E-state index contributed by atoms with van der Waals surface area (Å²) in [7, 11) is -6.74. The zero-order chi connectivity index (χ0) is 10.0. The van der Waals surface area contributed by atoms with Crippen molar-refractivity contribution in [1.82, 2.24) is 0 Å². The van der Waals surface area contributed by atoms with Crippen LogP contribution in [0.15, 0.2) is 0 Å². The first-order valence-electron chi connectivity index (χ1n) is 3.70. The molecule has 0 bridgehead atoms. The maximum atomic E-state index is 12.1. The fraction of sp³-hybridized carbons (Fsp3) is 1.00. The van der Waals surface area contributed by atoms with Gasteiger partial charge in [-0.3, -0.25) is 0 Å². The van der Waals surface area contributed by atoms with E-state index in [2.05, 4.69) is 4.52 Å². The molecule has 0 aromatic heterocycles. The van der Waals surface area contributed by atoms with E-state index in [0.29, 0.717) is 6.42 Å². The first-order chi connectivity index (χ1) is 5.06. The maximum absolute atomic E-state index is 12.1. The molecule has 0 aliphatic heterocycles. The molecule has 0 spiro atoms. The second-order valence-electron chi connectivity index (χ2n) is 3.30. The van der Waals surface area contributed by atoms with Crippen LogP contribution in [0.5, 0.6) is 0 Å². The third-order valence-corrected chi connectivity index (χ3v) is 1.87. The molecule has 0 heterocycles. The van der Waals surface area contributed by atoms with E-state index in [-0.39, 0.29) is 5.92 Å². The van der Waals surface area contributed by atoms with Gasteiger partial charge in [0, 0.05) is 0 Å². The summed E-state index contributed by atoms with van der Waals surface area (Å²) in [5.74, 6) is 0.179. The Morgan fingerprint density at radius 3 is 1.92 bits per heavy atom. The van der Waals surface area contributed by atoms with Crippen LogP contribution in [0.3, 0.4) is 0 Å². The summed E-state index contributed by atoms with van der Waals surface area (Å²) >= 11 is 0. The molecule has 0 saturated carbocycles. The molecular weight excluding hydrogens is 189 g/mol. The normalized spacial score (nSPS) is 18.8. The Bertz CT molecular complexity index is 145. The summed E-state index contributed by atoms with van der Waals surface area (Å²) in [4.78, 5) is 16.2. The van der Waals surface area contributed by atoms with Crippen LogP contribution in [0.4, 0.5) is 8.39 Å². The van der Waals surface area contributed by atoms with E-state index in [1.807, 2.05) is 13.8 Å². The molecular formula is C6H15F2O3P. The van der Waals surface area contributed by atoms with Gasteiger partial charge in [0.2, 0.25) is 0 Å². The van der Waals surface area contributed by atoms with Crippen molar-refractivity contribution >= 4 is 7.91 Å². The van der Waals surface area contributed by atoms with E-state index >= 15 is 0 Å². The van der Waals surface area contributed by atoms with Crippen molar-refractivity contribution in [3.63, 3.8) is 0 Å². The molecule has 1 unspecified atom stereocenters. The number of rotatable bonds is 4. The molecule has 1 atom stereocenters. The average molecular weight is 204 g/mol. The van der Waals surface area contributed by atoms with Gasteiger partial charge in [-0.15, -0.1) is 0 Å². The molecule has 12 heavy (non-hydrogen) atoms. The van der Waals surface area contributed by atoms with Gasteiger partial charge in [-0.05, 0) is 0 Å². The zero-order valence-electron chi connectivity index (χ0n) is 7.37. The minimum atomic E-state index is -6.74. The van der Waals surface area contributed by atoms with Crippen molar-refractivity contribution < 1.29 is 22.7 Å². The van der Waals surface area contributed by atoms with Gasteiger partial charge >= 0.3 is 69.8 Å². The average Bonchev–Trinajstić information content (AvgIpc) is 1.50. The quantitative estimate of drug-likeness (QED) is 0.691. The molecule has 6 heteroatoms. The van der Waals surface area contributed by atoms with Crippen molar-refractivity contribution in [2.45, 2.75) is 33.3 Å². The zero-order valence-corrected chi connectivity index (χ0v) is 8.26. The Morgan fingerprint density at radius 2 is 1.67 bits per heavy atom. The predicted molar refractivity (Wildman–Crippen MR) is 43.6 cm³/mol. The van der Waals surface area contributed by atoms with Crippen LogP contribution >= 0.6 is 7.91 Å². The summed E-state index contributed by atoms with van der Waals surface area (Å²) < 4.78 is 28.1. The summed E-state index contributed by atoms with van der Waals surface area (Å²) in [5.41, 5.74) is 0. The van der Waals surface area contributed by atoms with Gasteiger partial charge in [0.25, 0.3) is 0 Å². The second-order valence-corrected chi connectivity index (χ2v) is 5.03. The standard InChI is InChI=1S/C6H15F2O3P/c1-5(2)4-6(3)11-12(7,8,9)10/h5-6,9-10H,4H2,1-3H3. The molecule has 0 amide bonds. The summed E-state index contributed by atoms with van der Waals surface area (Å²) in [6.45, 7) is 5.05. The van der Waals surface area contributed by atoms with Gasteiger partial charge in [0.15, 0.2) is 0 Å². The Labute approximate surface area is 70.8 Å². The molecule has 0 aromatic carbocycles. The third kappa shape index (κ3) is 8.27. The molecule has 0 aliphatic carbocycles. The fourth-order valence-corrected chi connectivity index (χ4v) is 1.68. The van der Waals surface area contributed by atoms with Crippen LogP contribution in [0.25, 0.3) is 0 Å². The van der Waals surface area contributed by atoms with Gasteiger partial charge in [-0.25, -0.2) is 0 Å². The second kappa shape index (κ2) is 3.50. The first-order valence-corrected chi connectivity index (χ1v) is 5.55. The summed E-state index contributed by atoms with van der Waals surface area (Å²) in [6.07, 6.45) is -0.472. The van der Waals surface area contributed by atoms with E-state index in [0.717, 1.165) is 0 Å². The summed E-state index contributed by atoms with van der Waals surface area (Å²) in [6, 6.07) is 0. The Kier molecular flexibility index (Phi) is 3.55. The van der Waals surface area contributed by atoms with Crippen LogP contribution in [-0.4, -0.2) is 15.9 Å². The van der Waals surface area contributed by atoms with Crippen molar-refractivity contribution in [1.29, 1.82) is 0 Å². The van der Waals surface area contributed by atoms with Gasteiger partial charge in [0.05, 0.1) is 0 Å². The molecule has 0 fully saturated rings. The van der Waals surface area contributed by atoms with Crippen molar-refractivity contribution in [2.75, 3.05) is 0 Å². The molecule has 76 valence electrons. The molecule has 0 radical (unpaired) electrons. The van der Waals surface area contributed by atoms with Gasteiger partial charge in [0.1, 0.15) is 0 Å². The van der Waals surface area contributed by atoms with Crippen molar-refractivity contribution in [3.05, 3.63) is 0 Å². The van der Waals surface area contributed by atoms with Crippen LogP contribution in [-0.2, 0) is 4.52 Å². The number of hydrogen-bond acceptors (Lipinski definition) is 3. The Hall–Kier alpha value is 0.170. The number of hydrogen-bond donors (Lipinski definition) is 2. The van der Waals surface area contributed by atoms with Gasteiger partial charge < -0.3 is 0 Å². The van der Waals surface area contributed by atoms with Crippen LogP contribution in [0.1, 0.15) is 27.2 Å². The topological polar surface area (TPSA) is 49.7 Å². The van der Waals surface area contributed by atoms with Crippen LogP contribution in [0, 0.1) is 5.92 Å². The third-order valence-electron chi connectivity index (χ3n) is 1.16. The molecule has 0 rings (SSSR count). The molecule has 0 aromatic rings. The monoisotopic (exact) mass is 204 g/mol. The Balaban J connectivity index is 3.94. The van der Waals surface area contributed by atoms with Crippen molar-refractivity contribution in [2.24, 2.45) is 5.92 Å². The van der Waals surface area contributed by atoms with Crippen LogP contribution in [0.2, 0.25) is 0 Å². The SMILES string of the molecule is CC(C)CC(C)OP(O)(O)(F)F. The molecule has 2 N–H and O–H groups in total. The summed E-state index contributed by atoms with van der Waals surface area (Å²) in [5, 5.41) is 0. The van der Waals surface area contributed by atoms with Gasteiger partial charge in [-0.1, -0.05) is 0 Å².